The van der Waals surface area contributed by atoms with Crippen LogP contribution in [0.1, 0.15) is 5.82 Å². The molecule has 14 heavy (non-hydrogen) atoms. The molecule has 0 aromatic carbocycles. The lowest BCUT2D eigenvalue weighted by Crippen LogP contribution is -2.25. The molecule has 8 heteroatoms. The topological polar surface area (TPSA) is 55.0 Å². The van der Waals surface area contributed by atoms with Crippen LogP contribution < -0.4 is 10.6 Å². The summed E-state index contributed by atoms with van der Waals surface area (Å²) < 4.78 is 39.5. The lowest BCUT2D eigenvalue weighted by molar-refractivity contribution is -0.144. The molecule has 2 N–H and O–H groups in total. The zero-order valence-electron chi connectivity index (χ0n) is 7.38. The van der Waals surface area contributed by atoms with E-state index in [1.54, 1.807) is 7.05 Å². The summed E-state index contributed by atoms with van der Waals surface area (Å²) in [6.45, 7) is 0.809. The number of likely N-dealkylation sites (N-methyl/N-ethyl adjacent to an activating group) is 1. The molecule has 0 fully saturated rings. The van der Waals surface area contributed by atoms with Gasteiger partial charge in [0.15, 0.2) is 0 Å². The highest BCUT2D eigenvalue weighted by Crippen LogP contribution is 2.29. The predicted octanol–water partition coefficient (Wildman–Crippen LogP) is 0.952. The van der Waals surface area contributed by atoms with Crippen LogP contribution in [0.5, 0.6) is 0 Å². The highest BCUT2D eigenvalue weighted by atomic mass is 32.1. The van der Waals surface area contributed by atoms with Gasteiger partial charge in [0.1, 0.15) is 0 Å². The summed E-state index contributed by atoms with van der Waals surface area (Å²) in [5.41, 5.74) is 5.25. The van der Waals surface area contributed by atoms with Gasteiger partial charge < -0.3 is 10.6 Å². The van der Waals surface area contributed by atoms with Crippen LogP contribution in [0.3, 0.4) is 0 Å². The van der Waals surface area contributed by atoms with Crippen molar-refractivity contribution in [1.29, 1.82) is 0 Å². The van der Waals surface area contributed by atoms with Crippen molar-refractivity contribution < 1.29 is 13.2 Å². The molecule has 0 atom stereocenters. The molecule has 1 heterocycles. The SMILES string of the molecule is CN(CCN)c1nc(C(F)(F)F)ns1. The van der Waals surface area contributed by atoms with E-state index in [4.69, 9.17) is 5.73 Å². The van der Waals surface area contributed by atoms with Crippen LogP contribution in [0, 0.1) is 0 Å². The zero-order valence-corrected chi connectivity index (χ0v) is 8.19. The average molecular weight is 226 g/mol. The molecule has 1 rings (SSSR count). The van der Waals surface area contributed by atoms with Crippen molar-refractivity contribution in [3.05, 3.63) is 5.82 Å². The summed E-state index contributed by atoms with van der Waals surface area (Å²) in [7, 11) is 1.62. The first kappa shape index (κ1) is 11.2. The number of nitrogens with zero attached hydrogens (tertiary/aromatic N) is 3. The molecule has 4 nitrogen and oxygen atoms in total. The van der Waals surface area contributed by atoms with Crippen LogP contribution in [-0.2, 0) is 6.18 Å². The molecule has 0 amide bonds. The Bertz CT molecular complexity index is 298. The van der Waals surface area contributed by atoms with E-state index in [9.17, 15) is 13.2 Å². The highest BCUT2D eigenvalue weighted by Gasteiger charge is 2.36. The molecule has 0 aliphatic rings. The summed E-state index contributed by atoms with van der Waals surface area (Å²) in [5, 5.41) is 0.225. The smallest absolute Gasteiger partial charge is 0.349 e. The molecule has 0 bridgehead atoms. The largest absolute Gasteiger partial charge is 0.452 e. The van der Waals surface area contributed by atoms with Gasteiger partial charge in [-0.1, -0.05) is 0 Å². The average Bonchev–Trinajstić information content (AvgIpc) is 2.51. The third kappa shape index (κ3) is 2.55. The van der Waals surface area contributed by atoms with Gasteiger partial charge in [0.2, 0.25) is 11.0 Å². The first-order valence-electron chi connectivity index (χ1n) is 3.77. The molecule has 1 aromatic heterocycles. The van der Waals surface area contributed by atoms with E-state index in [0.29, 0.717) is 24.6 Å². The van der Waals surface area contributed by atoms with Gasteiger partial charge in [-0.3, -0.25) is 0 Å². The molecule has 0 unspecified atom stereocenters. The van der Waals surface area contributed by atoms with Crippen molar-refractivity contribution >= 4 is 16.7 Å². The van der Waals surface area contributed by atoms with Crippen LogP contribution in [0.2, 0.25) is 0 Å². The van der Waals surface area contributed by atoms with Crippen molar-refractivity contribution in [3.8, 4) is 0 Å². The van der Waals surface area contributed by atoms with Gasteiger partial charge in [0.05, 0.1) is 0 Å². The van der Waals surface area contributed by atoms with E-state index < -0.39 is 12.0 Å². The Kier molecular flexibility index (Phi) is 3.27. The number of hydrogen-bond donors (Lipinski definition) is 1. The van der Waals surface area contributed by atoms with Gasteiger partial charge in [0.25, 0.3) is 0 Å². The highest BCUT2D eigenvalue weighted by molar-refractivity contribution is 7.09. The van der Waals surface area contributed by atoms with Gasteiger partial charge in [-0.2, -0.15) is 22.5 Å². The van der Waals surface area contributed by atoms with E-state index in [1.165, 1.54) is 4.90 Å². The fraction of sp³-hybridized carbons (Fsp3) is 0.667. The fourth-order valence-corrected chi connectivity index (χ4v) is 1.45. The molecular formula is C6H9F3N4S. The van der Waals surface area contributed by atoms with E-state index in [2.05, 4.69) is 9.36 Å². The van der Waals surface area contributed by atoms with Gasteiger partial charge in [-0.25, -0.2) is 0 Å². The summed E-state index contributed by atoms with van der Waals surface area (Å²) in [4.78, 5) is 4.89. The molecule has 0 aliphatic carbocycles. The number of aromatic nitrogens is 2. The lowest BCUT2D eigenvalue weighted by Gasteiger charge is -2.12. The van der Waals surface area contributed by atoms with Gasteiger partial charge in [0, 0.05) is 31.7 Å². The predicted molar refractivity (Wildman–Crippen MR) is 47.2 cm³/mol. The molecule has 0 spiro atoms. The number of alkyl halides is 3. The Morgan fingerprint density at radius 3 is 2.57 bits per heavy atom. The summed E-state index contributed by atoms with van der Waals surface area (Å²) in [6, 6.07) is 0. The molecule has 0 saturated heterocycles. The van der Waals surface area contributed by atoms with E-state index >= 15 is 0 Å². The second-order valence-electron chi connectivity index (χ2n) is 2.61. The van der Waals surface area contributed by atoms with Gasteiger partial charge in [-0.15, -0.1) is 0 Å². The standard InChI is InChI=1S/C6H9F3N4S/c1-13(3-2-10)5-11-4(12-14-5)6(7,8)9/h2-3,10H2,1H3. The van der Waals surface area contributed by atoms with E-state index in [1.807, 2.05) is 0 Å². The lowest BCUT2D eigenvalue weighted by atomic mass is 10.6. The summed E-state index contributed by atoms with van der Waals surface area (Å²) >= 11 is 0.714. The molecule has 0 radical (unpaired) electrons. The van der Waals surface area contributed by atoms with Crippen molar-refractivity contribution in [2.24, 2.45) is 5.73 Å². The minimum Gasteiger partial charge on any atom is -0.349 e. The number of hydrogen-bond acceptors (Lipinski definition) is 5. The molecule has 0 aliphatic heterocycles. The normalized spacial score (nSPS) is 11.8. The number of halogens is 3. The van der Waals surface area contributed by atoms with Crippen LogP contribution in [0.4, 0.5) is 18.3 Å². The van der Waals surface area contributed by atoms with E-state index in [0.717, 1.165) is 0 Å². The minimum atomic E-state index is -4.47. The maximum Gasteiger partial charge on any atom is 0.452 e. The second kappa shape index (κ2) is 4.09. The third-order valence-electron chi connectivity index (χ3n) is 1.46. The molecular weight excluding hydrogens is 217 g/mol. The fourth-order valence-electron chi connectivity index (χ4n) is 0.775. The first-order valence-corrected chi connectivity index (χ1v) is 4.54. The van der Waals surface area contributed by atoms with Crippen LogP contribution >= 0.6 is 11.5 Å². The molecule has 1 aromatic rings. The number of anilines is 1. The van der Waals surface area contributed by atoms with Gasteiger partial charge in [-0.05, 0) is 0 Å². The van der Waals surface area contributed by atoms with Crippen molar-refractivity contribution in [2.75, 3.05) is 25.0 Å². The Morgan fingerprint density at radius 2 is 2.14 bits per heavy atom. The van der Waals surface area contributed by atoms with Crippen LogP contribution in [-0.4, -0.2) is 29.5 Å². The summed E-state index contributed by atoms with van der Waals surface area (Å²) in [5.74, 6) is -1.10. The first-order chi connectivity index (χ1) is 6.45. The Labute approximate surface area is 82.7 Å². The molecule has 80 valence electrons. The second-order valence-corrected chi connectivity index (χ2v) is 3.34. The van der Waals surface area contributed by atoms with Gasteiger partial charge >= 0.3 is 6.18 Å². The van der Waals surface area contributed by atoms with Crippen molar-refractivity contribution in [1.82, 2.24) is 9.36 Å². The van der Waals surface area contributed by atoms with Crippen molar-refractivity contribution in [3.63, 3.8) is 0 Å². The number of nitrogens with two attached hydrogens (primary N) is 1. The Balaban J connectivity index is 2.78. The van der Waals surface area contributed by atoms with Crippen LogP contribution in [0.25, 0.3) is 0 Å². The minimum absolute atomic E-state index is 0.225. The number of rotatable bonds is 3. The monoisotopic (exact) mass is 226 g/mol. The quantitative estimate of drug-likeness (QED) is 0.833. The summed E-state index contributed by atoms with van der Waals surface area (Å²) in [6.07, 6.45) is -4.47. The molecule has 0 saturated carbocycles. The third-order valence-corrected chi connectivity index (χ3v) is 2.29. The van der Waals surface area contributed by atoms with Crippen LogP contribution in [0.15, 0.2) is 0 Å². The van der Waals surface area contributed by atoms with E-state index in [-0.39, 0.29) is 5.13 Å². The Hall–Kier alpha value is -0.890. The maximum absolute atomic E-state index is 12.1. The maximum atomic E-state index is 12.1. The van der Waals surface area contributed by atoms with Crippen molar-refractivity contribution in [2.45, 2.75) is 6.18 Å². The zero-order chi connectivity index (χ0) is 10.8. The Morgan fingerprint density at radius 1 is 1.50 bits per heavy atom.